The fraction of sp³-hybridized carbons (Fsp3) is 0.625. The van der Waals surface area contributed by atoms with Crippen LogP contribution in [0.25, 0.3) is 0 Å². The number of aliphatic hydroxyl groups excluding tert-OH is 1. The molecule has 3 rings (SSSR count). The first-order valence-electron chi connectivity index (χ1n) is 7.14. The lowest BCUT2D eigenvalue weighted by Crippen LogP contribution is -2.29. The fourth-order valence-electron chi connectivity index (χ4n) is 3.53. The van der Waals surface area contributed by atoms with Crippen molar-refractivity contribution in [2.75, 3.05) is 6.61 Å². The van der Waals surface area contributed by atoms with Crippen molar-refractivity contribution in [3.05, 3.63) is 29.8 Å². The second-order valence-electron chi connectivity index (χ2n) is 6.03. The van der Waals surface area contributed by atoms with Gasteiger partial charge in [0.05, 0.1) is 12.7 Å². The third-order valence-corrected chi connectivity index (χ3v) is 4.59. The molecule has 2 heteroatoms. The van der Waals surface area contributed by atoms with E-state index in [1.165, 1.54) is 18.4 Å². The molecular weight excluding hydrogens is 224 g/mol. The highest BCUT2D eigenvalue weighted by Crippen LogP contribution is 2.41. The highest BCUT2D eigenvalue weighted by Gasteiger charge is 2.32. The quantitative estimate of drug-likeness (QED) is 0.867. The van der Waals surface area contributed by atoms with Crippen molar-refractivity contribution < 1.29 is 9.84 Å². The molecule has 1 saturated carbocycles. The van der Waals surface area contributed by atoms with Crippen LogP contribution in [0.3, 0.4) is 0 Å². The molecule has 1 heterocycles. The first-order valence-corrected chi connectivity index (χ1v) is 7.14. The van der Waals surface area contributed by atoms with Crippen molar-refractivity contribution in [3.8, 4) is 5.75 Å². The Hall–Kier alpha value is -1.02. The zero-order chi connectivity index (χ0) is 12.5. The smallest absolute Gasteiger partial charge is 0.122 e. The van der Waals surface area contributed by atoms with Gasteiger partial charge in [0.25, 0.3) is 0 Å². The lowest BCUT2D eigenvalue weighted by molar-refractivity contribution is 0.0426. The lowest BCUT2D eigenvalue weighted by Gasteiger charge is -2.33. The summed E-state index contributed by atoms with van der Waals surface area (Å²) in [6.07, 6.45) is 4.28. The molecule has 98 valence electrons. The Morgan fingerprint density at radius 1 is 1.28 bits per heavy atom. The molecule has 0 saturated heterocycles. The van der Waals surface area contributed by atoms with Crippen molar-refractivity contribution >= 4 is 0 Å². The van der Waals surface area contributed by atoms with Gasteiger partial charge in [-0.3, -0.25) is 0 Å². The SMILES string of the molecule is CC1CCC(O)C(CC2COc3ccccc32)C1. The Labute approximate surface area is 109 Å². The molecule has 0 aromatic heterocycles. The maximum atomic E-state index is 10.2. The van der Waals surface area contributed by atoms with Crippen LogP contribution >= 0.6 is 0 Å². The number of ether oxygens (including phenoxy) is 1. The van der Waals surface area contributed by atoms with Crippen molar-refractivity contribution in [1.82, 2.24) is 0 Å². The Kier molecular flexibility index (Phi) is 3.29. The van der Waals surface area contributed by atoms with Gasteiger partial charge in [-0.05, 0) is 43.6 Å². The van der Waals surface area contributed by atoms with Gasteiger partial charge < -0.3 is 9.84 Å². The molecular formula is C16H22O2. The van der Waals surface area contributed by atoms with Gasteiger partial charge in [0.15, 0.2) is 0 Å². The number of fused-ring (bicyclic) bond motifs is 1. The van der Waals surface area contributed by atoms with Crippen LogP contribution < -0.4 is 4.74 Å². The Balaban J connectivity index is 1.70. The van der Waals surface area contributed by atoms with Gasteiger partial charge >= 0.3 is 0 Å². The number of hydrogen-bond donors (Lipinski definition) is 1. The average Bonchev–Trinajstić information content (AvgIpc) is 2.78. The first-order chi connectivity index (χ1) is 8.74. The van der Waals surface area contributed by atoms with Crippen LogP contribution in [-0.2, 0) is 0 Å². The molecule has 2 nitrogen and oxygen atoms in total. The van der Waals surface area contributed by atoms with Crippen molar-refractivity contribution in [2.24, 2.45) is 11.8 Å². The van der Waals surface area contributed by atoms with Crippen LogP contribution in [0, 0.1) is 11.8 Å². The summed E-state index contributed by atoms with van der Waals surface area (Å²) in [6, 6.07) is 8.33. The monoisotopic (exact) mass is 246 g/mol. The van der Waals surface area contributed by atoms with E-state index >= 15 is 0 Å². The minimum atomic E-state index is -0.103. The molecule has 1 fully saturated rings. The molecule has 0 radical (unpaired) electrons. The second-order valence-corrected chi connectivity index (χ2v) is 6.03. The predicted octanol–water partition coefficient (Wildman–Crippen LogP) is 3.35. The third kappa shape index (κ3) is 2.26. The summed E-state index contributed by atoms with van der Waals surface area (Å²) in [7, 11) is 0. The summed E-state index contributed by atoms with van der Waals surface area (Å²) in [5.41, 5.74) is 1.34. The molecule has 1 aliphatic heterocycles. The number of hydrogen-bond acceptors (Lipinski definition) is 2. The van der Waals surface area contributed by atoms with Crippen LogP contribution in [0.5, 0.6) is 5.75 Å². The second kappa shape index (κ2) is 4.93. The molecule has 0 bridgehead atoms. The number of rotatable bonds is 2. The van der Waals surface area contributed by atoms with E-state index in [0.717, 1.165) is 31.1 Å². The van der Waals surface area contributed by atoms with Crippen molar-refractivity contribution in [3.63, 3.8) is 0 Å². The molecule has 1 aromatic carbocycles. The summed E-state index contributed by atoms with van der Waals surface area (Å²) in [4.78, 5) is 0. The molecule has 18 heavy (non-hydrogen) atoms. The molecule has 1 N–H and O–H groups in total. The van der Waals surface area contributed by atoms with Gasteiger partial charge in [-0.2, -0.15) is 0 Å². The van der Waals surface area contributed by atoms with Crippen LogP contribution in [0.2, 0.25) is 0 Å². The molecule has 0 amide bonds. The highest BCUT2D eigenvalue weighted by atomic mass is 16.5. The highest BCUT2D eigenvalue weighted by molar-refractivity contribution is 5.39. The minimum absolute atomic E-state index is 0.103. The van der Waals surface area contributed by atoms with Crippen LogP contribution in [0.4, 0.5) is 0 Å². The van der Waals surface area contributed by atoms with E-state index in [-0.39, 0.29) is 6.10 Å². The van der Waals surface area contributed by atoms with Gasteiger partial charge in [-0.1, -0.05) is 25.1 Å². The summed E-state index contributed by atoms with van der Waals surface area (Å²) >= 11 is 0. The van der Waals surface area contributed by atoms with Crippen LogP contribution in [0.15, 0.2) is 24.3 Å². The van der Waals surface area contributed by atoms with Gasteiger partial charge in [0, 0.05) is 11.5 Å². The van der Waals surface area contributed by atoms with E-state index in [0.29, 0.717) is 11.8 Å². The Morgan fingerprint density at radius 2 is 2.11 bits per heavy atom. The van der Waals surface area contributed by atoms with E-state index in [4.69, 9.17) is 4.74 Å². The molecule has 4 unspecified atom stereocenters. The van der Waals surface area contributed by atoms with E-state index in [9.17, 15) is 5.11 Å². The van der Waals surface area contributed by atoms with Crippen molar-refractivity contribution in [1.29, 1.82) is 0 Å². The number of benzene rings is 1. The van der Waals surface area contributed by atoms with Gasteiger partial charge in [-0.15, -0.1) is 0 Å². The molecule has 1 aliphatic carbocycles. The van der Waals surface area contributed by atoms with E-state index in [2.05, 4.69) is 25.1 Å². The van der Waals surface area contributed by atoms with E-state index in [1.54, 1.807) is 0 Å². The zero-order valence-corrected chi connectivity index (χ0v) is 11.0. The summed E-state index contributed by atoms with van der Waals surface area (Å²) in [6.45, 7) is 3.09. The first kappa shape index (κ1) is 12.0. The summed E-state index contributed by atoms with van der Waals surface area (Å²) in [5, 5.41) is 10.2. The summed E-state index contributed by atoms with van der Waals surface area (Å²) < 4.78 is 5.73. The molecule has 1 aromatic rings. The third-order valence-electron chi connectivity index (χ3n) is 4.59. The van der Waals surface area contributed by atoms with Crippen molar-refractivity contribution in [2.45, 2.75) is 44.6 Å². The molecule has 2 aliphatic rings. The Morgan fingerprint density at radius 3 is 3.00 bits per heavy atom. The van der Waals surface area contributed by atoms with Crippen LogP contribution in [0.1, 0.15) is 44.1 Å². The number of para-hydroxylation sites is 1. The molecule has 4 atom stereocenters. The lowest BCUT2D eigenvalue weighted by atomic mass is 9.75. The predicted molar refractivity (Wildman–Crippen MR) is 71.8 cm³/mol. The average molecular weight is 246 g/mol. The standard InChI is InChI=1S/C16H22O2/c1-11-6-7-15(17)12(8-11)9-13-10-18-16-5-3-2-4-14(13)16/h2-5,11-13,15,17H,6-10H2,1H3. The molecule has 0 spiro atoms. The van der Waals surface area contributed by atoms with E-state index in [1.807, 2.05) is 6.07 Å². The maximum Gasteiger partial charge on any atom is 0.122 e. The van der Waals surface area contributed by atoms with Gasteiger partial charge in [0.1, 0.15) is 5.75 Å². The topological polar surface area (TPSA) is 29.5 Å². The zero-order valence-electron chi connectivity index (χ0n) is 11.0. The maximum absolute atomic E-state index is 10.2. The van der Waals surface area contributed by atoms with Crippen LogP contribution in [-0.4, -0.2) is 17.8 Å². The number of aliphatic hydroxyl groups is 1. The van der Waals surface area contributed by atoms with Gasteiger partial charge in [-0.25, -0.2) is 0 Å². The normalized spacial score (nSPS) is 35.0. The largest absolute Gasteiger partial charge is 0.493 e. The van der Waals surface area contributed by atoms with E-state index < -0.39 is 0 Å². The fourth-order valence-corrected chi connectivity index (χ4v) is 3.53. The Bertz CT molecular complexity index is 415. The summed E-state index contributed by atoms with van der Waals surface area (Å²) in [5.74, 6) is 2.73. The minimum Gasteiger partial charge on any atom is -0.493 e. The van der Waals surface area contributed by atoms with Gasteiger partial charge in [0.2, 0.25) is 0 Å².